The van der Waals surface area contributed by atoms with Gasteiger partial charge < -0.3 is 16.4 Å². The summed E-state index contributed by atoms with van der Waals surface area (Å²) in [7, 11) is 1.79. The zero-order valence-electron chi connectivity index (χ0n) is 14.7. The highest BCUT2D eigenvalue weighted by Gasteiger charge is 2.18. The molecule has 132 valence electrons. The summed E-state index contributed by atoms with van der Waals surface area (Å²) in [4.78, 5) is 4.41. The van der Waals surface area contributed by atoms with E-state index in [9.17, 15) is 0 Å². The van der Waals surface area contributed by atoms with Crippen molar-refractivity contribution in [3.8, 4) is 0 Å². The van der Waals surface area contributed by atoms with Crippen LogP contribution >= 0.6 is 0 Å². The van der Waals surface area contributed by atoms with Crippen molar-refractivity contribution in [2.24, 2.45) is 16.6 Å². The second-order valence-electron chi connectivity index (χ2n) is 6.38. The summed E-state index contributed by atoms with van der Waals surface area (Å²) in [6.07, 6.45) is 7.34. The van der Waals surface area contributed by atoms with E-state index in [0.29, 0.717) is 12.6 Å². The molecule has 0 amide bonds. The molecule has 6 heteroatoms. The number of nitrogens with two attached hydrogens (primary N) is 1. The molecule has 0 radical (unpaired) electrons. The molecule has 1 atom stereocenters. The third-order valence-corrected chi connectivity index (χ3v) is 4.70. The predicted octanol–water partition coefficient (Wildman–Crippen LogP) is 2.79. The van der Waals surface area contributed by atoms with Crippen molar-refractivity contribution in [2.75, 3.05) is 25.6 Å². The van der Waals surface area contributed by atoms with Crippen molar-refractivity contribution >= 4 is 22.4 Å². The number of anilines is 1. The molecule has 3 rings (SSSR count). The van der Waals surface area contributed by atoms with E-state index in [1.165, 1.54) is 5.57 Å². The van der Waals surface area contributed by atoms with Gasteiger partial charge in [0.1, 0.15) is 5.84 Å². The van der Waals surface area contributed by atoms with Gasteiger partial charge in [-0.3, -0.25) is 10.1 Å². The van der Waals surface area contributed by atoms with E-state index < -0.39 is 0 Å². The maximum absolute atomic E-state index is 5.51. The van der Waals surface area contributed by atoms with Gasteiger partial charge in [-0.1, -0.05) is 12.7 Å². The van der Waals surface area contributed by atoms with Crippen molar-refractivity contribution in [1.82, 2.24) is 15.5 Å². The molecule has 0 saturated heterocycles. The second-order valence-corrected chi connectivity index (χ2v) is 6.38. The number of allylic oxidation sites excluding steroid dienone is 1. The van der Waals surface area contributed by atoms with E-state index >= 15 is 0 Å². The number of hydrogen-bond acceptors (Lipinski definition) is 4. The number of hydrogen-bond donors (Lipinski definition) is 4. The lowest BCUT2D eigenvalue weighted by atomic mass is 9.86. The van der Waals surface area contributed by atoms with Crippen LogP contribution in [-0.2, 0) is 0 Å². The number of aliphatic imine (C=N–C) groups is 1. The van der Waals surface area contributed by atoms with Gasteiger partial charge in [-0.2, -0.15) is 5.10 Å². The number of nitrogens with zero attached hydrogens (tertiary/aromatic N) is 2. The highest BCUT2D eigenvalue weighted by Crippen LogP contribution is 2.28. The number of aromatic amines is 1. The summed E-state index contributed by atoms with van der Waals surface area (Å²) in [5.74, 6) is 1.46. The van der Waals surface area contributed by atoms with E-state index in [4.69, 9.17) is 5.73 Å². The minimum absolute atomic E-state index is 0.539. The molecule has 1 heterocycles. The topological polar surface area (TPSA) is 91.1 Å². The molecule has 0 spiro atoms. The molecular formula is C19H26N6. The maximum Gasteiger partial charge on any atom is 0.132 e. The van der Waals surface area contributed by atoms with Crippen LogP contribution in [0.4, 0.5) is 5.69 Å². The molecule has 0 bridgehead atoms. The monoisotopic (exact) mass is 338 g/mol. The minimum Gasteiger partial charge on any atom is -0.340 e. The molecule has 1 unspecified atom stereocenters. The fraction of sp³-hybridized carbons (Fsp3) is 0.368. The Bertz CT molecular complexity index is 801. The van der Waals surface area contributed by atoms with Crippen LogP contribution in [0, 0.1) is 5.92 Å². The Hall–Kier alpha value is -2.44. The lowest BCUT2D eigenvalue weighted by Crippen LogP contribution is -2.29. The zero-order valence-corrected chi connectivity index (χ0v) is 14.7. The normalized spacial score (nSPS) is 18.2. The number of aromatic nitrogens is 2. The highest BCUT2D eigenvalue weighted by atomic mass is 15.1. The van der Waals surface area contributed by atoms with E-state index in [-0.39, 0.29) is 0 Å². The molecule has 1 aromatic carbocycles. The standard InChI is InChI=1S/C19H26N6/c1-13(15-5-3-14(4-6-15)10-22-12-20)19(21-2)24-17-7-8-18-16(9-17)11-23-25-18/h5,7-9,11,14,22H,1,3-4,6,10,12,20H2,2H3,(H,21,24)(H,23,25). The second kappa shape index (κ2) is 8.09. The number of H-pyrrole nitrogens is 1. The van der Waals surface area contributed by atoms with Gasteiger partial charge in [0.05, 0.1) is 11.7 Å². The minimum atomic E-state index is 0.539. The van der Waals surface area contributed by atoms with Crippen molar-refractivity contribution < 1.29 is 0 Å². The molecule has 1 aliphatic rings. The van der Waals surface area contributed by atoms with E-state index in [2.05, 4.69) is 44.5 Å². The van der Waals surface area contributed by atoms with Gasteiger partial charge >= 0.3 is 0 Å². The van der Waals surface area contributed by atoms with Crippen LogP contribution in [0.5, 0.6) is 0 Å². The Morgan fingerprint density at radius 1 is 1.48 bits per heavy atom. The van der Waals surface area contributed by atoms with Crippen LogP contribution in [0.25, 0.3) is 10.9 Å². The average Bonchev–Trinajstić information content (AvgIpc) is 3.12. The highest BCUT2D eigenvalue weighted by molar-refractivity contribution is 6.10. The summed E-state index contributed by atoms with van der Waals surface area (Å²) < 4.78 is 0. The molecule has 1 aromatic heterocycles. The molecule has 6 nitrogen and oxygen atoms in total. The van der Waals surface area contributed by atoms with Gasteiger partial charge in [-0.15, -0.1) is 0 Å². The Balaban J connectivity index is 1.66. The summed E-state index contributed by atoms with van der Waals surface area (Å²) in [5.41, 5.74) is 9.76. The van der Waals surface area contributed by atoms with Gasteiger partial charge in [-0.05, 0) is 55.5 Å². The zero-order chi connectivity index (χ0) is 17.6. The smallest absolute Gasteiger partial charge is 0.132 e. The molecule has 0 aliphatic heterocycles. The Morgan fingerprint density at radius 2 is 2.36 bits per heavy atom. The van der Waals surface area contributed by atoms with Crippen molar-refractivity contribution in [1.29, 1.82) is 0 Å². The Morgan fingerprint density at radius 3 is 3.08 bits per heavy atom. The van der Waals surface area contributed by atoms with E-state index in [0.717, 1.165) is 53.8 Å². The Kier molecular flexibility index (Phi) is 5.63. The number of fused-ring (bicyclic) bond motifs is 1. The molecule has 0 saturated carbocycles. The van der Waals surface area contributed by atoms with Crippen molar-refractivity contribution in [2.45, 2.75) is 19.3 Å². The first kappa shape index (κ1) is 17.4. The van der Waals surface area contributed by atoms with Gasteiger partial charge in [-0.25, -0.2) is 0 Å². The maximum atomic E-state index is 5.51. The third kappa shape index (κ3) is 4.15. The molecule has 2 aromatic rings. The quantitative estimate of drug-likeness (QED) is 0.370. The van der Waals surface area contributed by atoms with E-state index in [1.807, 2.05) is 18.3 Å². The molecule has 0 fully saturated rings. The largest absolute Gasteiger partial charge is 0.340 e. The van der Waals surface area contributed by atoms with Gasteiger partial charge in [0.15, 0.2) is 0 Å². The summed E-state index contributed by atoms with van der Waals surface area (Å²) >= 11 is 0. The number of nitrogens with one attached hydrogen (secondary N) is 3. The molecule has 5 N–H and O–H groups in total. The van der Waals surface area contributed by atoms with Crippen LogP contribution in [0.3, 0.4) is 0 Å². The van der Waals surface area contributed by atoms with Crippen LogP contribution in [0.2, 0.25) is 0 Å². The van der Waals surface area contributed by atoms with E-state index in [1.54, 1.807) is 7.05 Å². The van der Waals surface area contributed by atoms with Gasteiger partial charge in [0.25, 0.3) is 0 Å². The summed E-state index contributed by atoms with van der Waals surface area (Å²) in [6, 6.07) is 6.08. The molecular weight excluding hydrogens is 312 g/mol. The van der Waals surface area contributed by atoms with Crippen LogP contribution in [-0.4, -0.2) is 36.3 Å². The Labute approximate surface area is 148 Å². The number of rotatable bonds is 6. The van der Waals surface area contributed by atoms with Gasteiger partial charge in [0, 0.05) is 30.4 Å². The predicted molar refractivity (Wildman–Crippen MR) is 105 cm³/mol. The summed E-state index contributed by atoms with van der Waals surface area (Å²) in [6.45, 7) is 5.79. The van der Waals surface area contributed by atoms with Gasteiger partial charge in [0.2, 0.25) is 0 Å². The lowest BCUT2D eigenvalue weighted by molar-refractivity contribution is 0.439. The number of amidine groups is 1. The van der Waals surface area contributed by atoms with Crippen molar-refractivity contribution in [3.05, 3.63) is 48.2 Å². The third-order valence-electron chi connectivity index (χ3n) is 4.70. The van der Waals surface area contributed by atoms with Crippen molar-refractivity contribution in [3.63, 3.8) is 0 Å². The SMILES string of the molecule is C=C(C1=CCC(CNCN)CC1)C(=NC)Nc1ccc2[nH]ncc2c1. The van der Waals surface area contributed by atoms with Crippen LogP contribution in [0.1, 0.15) is 19.3 Å². The summed E-state index contributed by atoms with van der Waals surface area (Å²) in [5, 5.41) is 14.7. The number of benzene rings is 1. The van der Waals surface area contributed by atoms with Crippen LogP contribution < -0.4 is 16.4 Å². The fourth-order valence-electron chi connectivity index (χ4n) is 3.21. The first-order valence-electron chi connectivity index (χ1n) is 8.67. The lowest BCUT2D eigenvalue weighted by Gasteiger charge is -2.24. The first-order valence-corrected chi connectivity index (χ1v) is 8.67. The molecule has 25 heavy (non-hydrogen) atoms. The van der Waals surface area contributed by atoms with Crippen LogP contribution in [0.15, 0.2) is 53.2 Å². The molecule has 1 aliphatic carbocycles. The first-order chi connectivity index (χ1) is 12.2. The fourth-order valence-corrected chi connectivity index (χ4v) is 3.21. The average molecular weight is 338 g/mol.